The fourth-order valence-corrected chi connectivity index (χ4v) is 3.05. The van der Waals surface area contributed by atoms with Crippen LogP contribution >= 0.6 is 11.6 Å². The summed E-state index contributed by atoms with van der Waals surface area (Å²) in [4.78, 5) is 24.4. The maximum Gasteiger partial charge on any atom is 0.270 e. The van der Waals surface area contributed by atoms with Gasteiger partial charge in [-0.3, -0.25) is 14.9 Å². The molecule has 0 saturated carbocycles. The average molecular weight is 297 g/mol. The number of hydrogen-bond acceptors (Lipinski definition) is 3. The van der Waals surface area contributed by atoms with Crippen molar-refractivity contribution in [3.8, 4) is 0 Å². The second-order valence-corrected chi connectivity index (χ2v) is 5.98. The highest BCUT2D eigenvalue weighted by atomic mass is 35.5. The van der Waals surface area contributed by atoms with Crippen LogP contribution in [0.4, 0.5) is 5.69 Å². The van der Waals surface area contributed by atoms with E-state index in [-0.39, 0.29) is 16.6 Å². The van der Waals surface area contributed by atoms with Gasteiger partial charge in [0.2, 0.25) is 0 Å². The quantitative estimate of drug-likeness (QED) is 0.621. The van der Waals surface area contributed by atoms with Gasteiger partial charge in [0.15, 0.2) is 0 Å². The van der Waals surface area contributed by atoms with Gasteiger partial charge in [-0.05, 0) is 24.3 Å². The summed E-state index contributed by atoms with van der Waals surface area (Å²) in [5.41, 5.74) is 0.227. The number of benzene rings is 1. The predicted octanol–water partition coefficient (Wildman–Crippen LogP) is 3.37. The van der Waals surface area contributed by atoms with Crippen LogP contribution in [0.3, 0.4) is 0 Å². The standard InChI is InChI=1S/C14H17ClN2O3/c1-9-5-10(2)8-16(7-9)14(18)12-4-3-11(17(19)20)6-13(12)15/h3-4,6,9-10H,5,7-8H2,1-2H3. The number of hydrogen-bond donors (Lipinski definition) is 0. The van der Waals surface area contributed by atoms with E-state index in [0.717, 1.165) is 6.42 Å². The van der Waals surface area contributed by atoms with Crippen molar-refractivity contribution in [3.63, 3.8) is 0 Å². The first-order valence-corrected chi connectivity index (χ1v) is 6.99. The van der Waals surface area contributed by atoms with Crippen molar-refractivity contribution in [1.29, 1.82) is 0 Å². The number of carbonyl (C=O) groups excluding carboxylic acids is 1. The third-order valence-corrected chi connectivity index (χ3v) is 3.86. The topological polar surface area (TPSA) is 63.5 Å². The fourth-order valence-electron chi connectivity index (χ4n) is 2.79. The summed E-state index contributed by atoms with van der Waals surface area (Å²) in [6, 6.07) is 3.98. The Hall–Kier alpha value is -1.62. The Morgan fingerprint density at radius 3 is 2.45 bits per heavy atom. The number of amides is 1. The molecule has 0 bridgehead atoms. The molecule has 1 fully saturated rings. The van der Waals surface area contributed by atoms with E-state index in [2.05, 4.69) is 13.8 Å². The highest BCUT2D eigenvalue weighted by Crippen LogP contribution is 2.27. The molecule has 0 aliphatic carbocycles. The number of rotatable bonds is 2. The van der Waals surface area contributed by atoms with Gasteiger partial charge in [0, 0.05) is 25.2 Å². The lowest BCUT2D eigenvalue weighted by Gasteiger charge is -2.35. The number of nitrogens with zero attached hydrogens (tertiary/aromatic N) is 2. The molecule has 108 valence electrons. The van der Waals surface area contributed by atoms with Crippen molar-refractivity contribution in [3.05, 3.63) is 38.9 Å². The molecule has 2 unspecified atom stereocenters. The lowest BCUT2D eigenvalue weighted by Crippen LogP contribution is -2.42. The summed E-state index contributed by atoms with van der Waals surface area (Å²) in [6.07, 6.45) is 1.11. The number of nitro benzene ring substituents is 1. The second kappa shape index (κ2) is 5.79. The van der Waals surface area contributed by atoms with Crippen LogP contribution in [0.25, 0.3) is 0 Å². The third kappa shape index (κ3) is 3.10. The van der Waals surface area contributed by atoms with E-state index in [1.807, 2.05) is 0 Å². The molecule has 1 saturated heterocycles. The van der Waals surface area contributed by atoms with E-state index in [1.54, 1.807) is 4.90 Å². The second-order valence-electron chi connectivity index (χ2n) is 5.58. The SMILES string of the molecule is CC1CC(C)CN(C(=O)c2ccc([N+](=O)[O-])cc2Cl)C1. The number of piperidine rings is 1. The molecule has 1 aliphatic rings. The number of likely N-dealkylation sites (tertiary alicyclic amines) is 1. The molecule has 1 amide bonds. The van der Waals surface area contributed by atoms with Gasteiger partial charge < -0.3 is 4.90 Å². The molecule has 0 N–H and O–H groups in total. The van der Waals surface area contributed by atoms with E-state index >= 15 is 0 Å². The first kappa shape index (κ1) is 14.8. The molecule has 1 aliphatic heterocycles. The van der Waals surface area contributed by atoms with Crippen LogP contribution in [0.2, 0.25) is 5.02 Å². The van der Waals surface area contributed by atoms with Gasteiger partial charge in [-0.25, -0.2) is 0 Å². The van der Waals surface area contributed by atoms with E-state index in [4.69, 9.17) is 11.6 Å². The van der Waals surface area contributed by atoms with Crippen molar-refractivity contribution in [2.24, 2.45) is 11.8 Å². The smallest absolute Gasteiger partial charge is 0.270 e. The van der Waals surface area contributed by atoms with Crippen molar-refractivity contribution in [2.45, 2.75) is 20.3 Å². The molecule has 1 aromatic carbocycles. The van der Waals surface area contributed by atoms with E-state index in [1.165, 1.54) is 18.2 Å². The summed E-state index contributed by atoms with van der Waals surface area (Å²) in [6.45, 7) is 5.65. The number of nitro groups is 1. The van der Waals surface area contributed by atoms with Crippen LogP contribution < -0.4 is 0 Å². The van der Waals surface area contributed by atoms with Crippen LogP contribution in [0.5, 0.6) is 0 Å². The van der Waals surface area contributed by atoms with Crippen molar-refractivity contribution in [1.82, 2.24) is 4.90 Å². The Kier molecular flexibility index (Phi) is 4.28. The largest absolute Gasteiger partial charge is 0.338 e. The number of halogens is 1. The summed E-state index contributed by atoms with van der Waals surface area (Å²) in [7, 11) is 0. The van der Waals surface area contributed by atoms with Gasteiger partial charge in [-0.2, -0.15) is 0 Å². The van der Waals surface area contributed by atoms with Crippen molar-refractivity contribution < 1.29 is 9.72 Å². The lowest BCUT2D eigenvalue weighted by molar-refractivity contribution is -0.384. The van der Waals surface area contributed by atoms with E-state index in [9.17, 15) is 14.9 Å². The molecule has 2 atom stereocenters. The van der Waals surface area contributed by atoms with Crippen LogP contribution in [0, 0.1) is 22.0 Å². The molecular weight excluding hydrogens is 280 g/mol. The molecule has 0 radical (unpaired) electrons. The predicted molar refractivity (Wildman–Crippen MR) is 77.0 cm³/mol. The monoisotopic (exact) mass is 296 g/mol. The minimum absolute atomic E-state index is 0.105. The molecule has 1 heterocycles. The van der Waals surface area contributed by atoms with Crippen LogP contribution in [0.15, 0.2) is 18.2 Å². The van der Waals surface area contributed by atoms with Gasteiger partial charge in [0.05, 0.1) is 15.5 Å². The Labute approximate surface area is 122 Å². The number of carbonyl (C=O) groups is 1. The first-order valence-electron chi connectivity index (χ1n) is 6.61. The first-order chi connectivity index (χ1) is 9.38. The van der Waals surface area contributed by atoms with Crippen LogP contribution in [0.1, 0.15) is 30.6 Å². The highest BCUT2D eigenvalue weighted by molar-refractivity contribution is 6.34. The molecule has 0 aromatic heterocycles. The molecule has 2 rings (SSSR count). The Bertz CT molecular complexity index is 537. The van der Waals surface area contributed by atoms with Crippen molar-refractivity contribution in [2.75, 3.05) is 13.1 Å². The maximum atomic E-state index is 12.5. The maximum absolute atomic E-state index is 12.5. The van der Waals surface area contributed by atoms with E-state index in [0.29, 0.717) is 30.5 Å². The summed E-state index contributed by atoms with van der Waals surface area (Å²) in [5.74, 6) is 0.766. The van der Waals surface area contributed by atoms with E-state index < -0.39 is 4.92 Å². The Morgan fingerprint density at radius 2 is 1.95 bits per heavy atom. The summed E-state index contributed by atoms with van der Waals surface area (Å²) >= 11 is 6.01. The zero-order valence-electron chi connectivity index (χ0n) is 11.5. The Morgan fingerprint density at radius 1 is 1.35 bits per heavy atom. The number of non-ortho nitro benzene ring substituents is 1. The molecule has 5 nitrogen and oxygen atoms in total. The average Bonchev–Trinajstić information content (AvgIpc) is 2.36. The van der Waals surface area contributed by atoms with Crippen LogP contribution in [-0.2, 0) is 0 Å². The molecule has 0 spiro atoms. The van der Waals surface area contributed by atoms with Gasteiger partial charge >= 0.3 is 0 Å². The third-order valence-electron chi connectivity index (χ3n) is 3.55. The minimum atomic E-state index is -0.523. The normalized spacial score (nSPS) is 22.6. The zero-order valence-corrected chi connectivity index (χ0v) is 12.3. The highest BCUT2D eigenvalue weighted by Gasteiger charge is 2.27. The summed E-state index contributed by atoms with van der Waals surface area (Å²) < 4.78 is 0. The molecular formula is C14H17ClN2O3. The van der Waals surface area contributed by atoms with Crippen molar-refractivity contribution >= 4 is 23.2 Å². The van der Waals surface area contributed by atoms with Gasteiger partial charge in [-0.15, -0.1) is 0 Å². The van der Waals surface area contributed by atoms with Gasteiger partial charge in [-0.1, -0.05) is 25.4 Å². The minimum Gasteiger partial charge on any atom is -0.338 e. The molecule has 1 aromatic rings. The molecule has 20 heavy (non-hydrogen) atoms. The zero-order chi connectivity index (χ0) is 14.9. The van der Waals surface area contributed by atoms with Crippen LogP contribution in [-0.4, -0.2) is 28.8 Å². The molecule has 6 heteroatoms. The Balaban J connectivity index is 2.23. The van der Waals surface area contributed by atoms with Gasteiger partial charge in [0.25, 0.3) is 11.6 Å². The summed E-state index contributed by atoms with van der Waals surface area (Å²) in [5, 5.41) is 10.8. The lowest BCUT2D eigenvalue weighted by atomic mass is 9.91. The van der Waals surface area contributed by atoms with Gasteiger partial charge in [0.1, 0.15) is 0 Å². The fraction of sp³-hybridized carbons (Fsp3) is 0.500.